The first-order chi connectivity index (χ1) is 8.65. The first kappa shape index (κ1) is 12.3. The van der Waals surface area contributed by atoms with E-state index in [0.717, 1.165) is 5.69 Å². The summed E-state index contributed by atoms with van der Waals surface area (Å²) in [5.41, 5.74) is 4.04. The molecule has 2 aromatic carbocycles. The third kappa shape index (κ3) is 3.15. The van der Waals surface area contributed by atoms with E-state index < -0.39 is 0 Å². The van der Waals surface area contributed by atoms with Gasteiger partial charge < -0.3 is 10.2 Å². The number of hydrogen-bond acceptors (Lipinski definition) is 4. The van der Waals surface area contributed by atoms with Crippen molar-refractivity contribution in [2.45, 2.75) is 0 Å². The summed E-state index contributed by atoms with van der Waals surface area (Å²) in [6, 6.07) is 11.4. The fourth-order valence-electron chi connectivity index (χ4n) is 1.38. The molecule has 0 heterocycles. The van der Waals surface area contributed by atoms with E-state index in [1.807, 2.05) is 6.07 Å². The highest BCUT2D eigenvalue weighted by Gasteiger charge is 1.98. The summed E-state index contributed by atoms with van der Waals surface area (Å²) < 4.78 is 0. The number of phenols is 2. The molecule has 0 spiro atoms. The van der Waals surface area contributed by atoms with Gasteiger partial charge >= 0.3 is 0 Å². The lowest BCUT2D eigenvalue weighted by atomic mass is 10.2. The van der Waals surface area contributed by atoms with Gasteiger partial charge in [-0.15, -0.1) is 0 Å². The van der Waals surface area contributed by atoms with Gasteiger partial charge in [-0.2, -0.15) is 5.10 Å². The van der Waals surface area contributed by atoms with Crippen LogP contribution in [-0.2, 0) is 0 Å². The molecule has 0 aliphatic heterocycles. The van der Waals surface area contributed by atoms with E-state index in [4.69, 9.17) is 16.7 Å². The molecule has 0 saturated carbocycles. The van der Waals surface area contributed by atoms with Gasteiger partial charge in [0.25, 0.3) is 0 Å². The predicted molar refractivity (Wildman–Crippen MR) is 72.4 cm³/mol. The first-order valence-corrected chi connectivity index (χ1v) is 5.59. The first-order valence-electron chi connectivity index (χ1n) is 5.22. The lowest BCUT2D eigenvalue weighted by Crippen LogP contribution is -1.90. The molecule has 0 saturated heterocycles. The molecule has 0 aliphatic rings. The molecule has 0 fully saturated rings. The van der Waals surface area contributed by atoms with Crippen LogP contribution in [0.25, 0.3) is 0 Å². The lowest BCUT2D eigenvalue weighted by molar-refractivity contribution is 0.450. The van der Waals surface area contributed by atoms with E-state index in [1.165, 1.54) is 18.3 Å². The van der Waals surface area contributed by atoms with Crippen molar-refractivity contribution in [3.8, 4) is 11.5 Å². The number of nitrogens with zero attached hydrogens (tertiary/aromatic N) is 1. The van der Waals surface area contributed by atoms with Gasteiger partial charge in [0.15, 0.2) is 0 Å². The van der Waals surface area contributed by atoms with Crippen LogP contribution < -0.4 is 5.43 Å². The summed E-state index contributed by atoms with van der Waals surface area (Å²) in [5, 5.41) is 23.3. The Morgan fingerprint density at radius 3 is 2.67 bits per heavy atom. The highest BCUT2D eigenvalue weighted by Crippen LogP contribution is 2.21. The van der Waals surface area contributed by atoms with Crippen LogP contribution in [0.4, 0.5) is 5.69 Å². The maximum Gasteiger partial charge on any atom is 0.128 e. The summed E-state index contributed by atoms with van der Waals surface area (Å²) in [4.78, 5) is 0. The van der Waals surface area contributed by atoms with Gasteiger partial charge in [0, 0.05) is 16.7 Å². The number of aromatic hydroxyl groups is 2. The smallest absolute Gasteiger partial charge is 0.128 e. The molecule has 92 valence electrons. The largest absolute Gasteiger partial charge is 0.508 e. The molecule has 4 nitrogen and oxygen atoms in total. The lowest BCUT2D eigenvalue weighted by Gasteiger charge is -2.01. The van der Waals surface area contributed by atoms with E-state index in [-0.39, 0.29) is 11.5 Å². The van der Waals surface area contributed by atoms with Crippen LogP contribution in [0, 0.1) is 0 Å². The van der Waals surface area contributed by atoms with Crippen LogP contribution >= 0.6 is 11.6 Å². The fourth-order valence-corrected chi connectivity index (χ4v) is 1.57. The number of nitrogens with one attached hydrogen (secondary N) is 1. The second-order valence-electron chi connectivity index (χ2n) is 3.62. The van der Waals surface area contributed by atoms with Gasteiger partial charge in [-0.1, -0.05) is 17.7 Å². The monoisotopic (exact) mass is 262 g/mol. The minimum Gasteiger partial charge on any atom is -0.508 e. The average molecular weight is 263 g/mol. The van der Waals surface area contributed by atoms with Gasteiger partial charge in [0.05, 0.1) is 11.9 Å². The van der Waals surface area contributed by atoms with Crippen molar-refractivity contribution >= 4 is 23.5 Å². The summed E-state index contributed by atoms with van der Waals surface area (Å²) in [5.74, 6) is -0.0286. The normalized spacial score (nSPS) is 10.7. The summed E-state index contributed by atoms with van der Waals surface area (Å²) in [7, 11) is 0. The standard InChI is InChI=1S/C13H11ClN2O2/c14-10-2-1-3-11(6-10)16-15-8-9-4-5-12(17)7-13(9)18/h1-8,16-18H/b15-8+. The Labute approximate surface area is 109 Å². The Bertz CT molecular complexity index is 585. The van der Waals surface area contributed by atoms with E-state index in [0.29, 0.717) is 10.6 Å². The molecule has 0 amide bonds. The maximum atomic E-state index is 9.53. The molecule has 2 rings (SSSR count). The topological polar surface area (TPSA) is 64.9 Å². The molecule has 0 radical (unpaired) electrons. The van der Waals surface area contributed by atoms with Crippen LogP contribution in [0.5, 0.6) is 11.5 Å². The average Bonchev–Trinajstić information content (AvgIpc) is 2.32. The maximum absolute atomic E-state index is 9.53. The Morgan fingerprint density at radius 2 is 1.94 bits per heavy atom. The quantitative estimate of drug-likeness (QED) is 0.588. The molecule has 18 heavy (non-hydrogen) atoms. The van der Waals surface area contributed by atoms with Crippen molar-refractivity contribution in [2.24, 2.45) is 5.10 Å². The van der Waals surface area contributed by atoms with E-state index in [9.17, 15) is 5.11 Å². The zero-order chi connectivity index (χ0) is 13.0. The van der Waals surface area contributed by atoms with Crippen molar-refractivity contribution in [2.75, 3.05) is 5.43 Å². The van der Waals surface area contributed by atoms with Crippen LogP contribution in [-0.4, -0.2) is 16.4 Å². The van der Waals surface area contributed by atoms with Crippen molar-refractivity contribution < 1.29 is 10.2 Å². The Morgan fingerprint density at radius 1 is 1.11 bits per heavy atom. The molecule has 0 aromatic heterocycles. The van der Waals surface area contributed by atoms with Gasteiger partial charge in [-0.3, -0.25) is 5.43 Å². The number of phenolic OH excluding ortho intramolecular Hbond substituents is 2. The van der Waals surface area contributed by atoms with Crippen LogP contribution in [0.3, 0.4) is 0 Å². The van der Waals surface area contributed by atoms with Crippen LogP contribution in [0.15, 0.2) is 47.6 Å². The number of halogens is 1. The summed E-state index contributed by atoms with van der Waals surface area (Å²) in [6.45, 7) is 0. The van der Waals surface area contributed by atoms with E-state index in [1.54, 1.807) is 24.3 Å². The molecule has 0 unspecified atom stereocenters. The fraction of sp³-hybridized carbons (Fsp3) is 0. The second-order valence-corrected chi connectivity index (χ2v) is 4.06. The molecule has 2 aromatic rings. The molecule has 0 bridgehead atoms. The molecular weight excluding hydrogens is 252 g/mol. The highest BCUT2D eigenvalue weighted by molar-refractivity contribution is 6.30. The van der Waals surface area contributed by atoms with Crippen LogP contribution in [0.2, 0.25) is 5.02 Å². The van der Waals surface area contributed by atoms with Crippen molar-refractivity contribution in [1.82, 2.24) is 0 Å². The Balaban J connectivity index is 2.07. The minimum atomic E-state index is -0.0355. The summed E-state index contributed by atoms with van der Waals surface area (Å²) >= 11 is 5.82. The third-order valence-electron chi connectivity index (χ3n) is 2.24. The summed E-state index contributed by atoms with van der Waals surface area (Å²) in [6.07, 6.45) is 1.45. The highest BCUT2D eigenvalue weighted by atomic mass is 35.5. The number of hydrogen-bond donors (Lipinski definition) is 3. The van der Waals surface area contributed by atoms with Crippen molar-refractivity contribution in [3.05, 3.63) is 53.1 Å². The minimum absolute atomic E-state index is 0.00690. The Hall–Kier alpha value is -2.20. The SMILES string of the molecule is Oc1ccc(/C=N/Nc2cccc(Cl)c2)c(O)c1. The van der Waals surface area contributed by atoms with Crippen molar-refractivity contribution in [3.63, 3.8) is 0 Å². The third-order valence-corrected chi connectivity index (χ3v) is 2.47. The molecule has 0 atom stereocenters. The number of anilines is 1. The molecule has 5 heteroatoms. The zero-order valence-corrected chi connectivity index (χ0v) is 10.1. The van der Waals surface area contributed by atoms with E-state index >= 15 is 0 Å². The second kappa shape index (κ2) is 5.42. The number of benzene rings is 2. The number of hydrazone groups is 1. The van der Waals surface area contributed by atoms with Gasteiger partial charge in [0.1, 0.15) is 11.5 Å². The zero-order valence-electron chi connectivity index (χ0n) is 9.34. The van der Waals surface area contributed by atoms with E-state index in [2.05, 4.69) is 10.5 Å². The van der Waals surface area contributed by atoms with Crippen molar-refractivity contribution in [1.29, 1.82) is 0 Å². The van der Waals surface area contributed by atoms with Gasteiger partial charge in [0.2, 0.25) is 0 Å². The van der Waals surface area contributed by atoms with Gasteiger partial charge in [-0.25, -0.2) is 0 Å². The number of rotatable bonds is 3. The molecular formula is C13H11ClN2O2. The van der Waals surface area contributed by atoms with Crippen LogP contribution in [0.1, 0.15) is 5.56 Å². The molecule has 0 aliphatic carbocycles. The predicted octanol–water partition coefficient (Wildman–Crippen LogP) is 3.20. The van der Waals surface area contributed by atoms with Gasteiger partial charge in [-0.05, 0) is 30.3 Å². The molecule has 3 N–H and O–H groups in total. The Kier molecular flexibility index (Phi) is 3.69.